The maximum atomic E-state index is 4.73. The Hall–Kier alpha value is 0.310. The van der Waals surface area contributed by atoms with Crippen molar-refractivity contribution in [3.05, 3.63) is 0 Å². The summed E-state index contributed by atoms with van der Waals surface area (Å²) in [6, 6.07) is 0. The summed E-state index contributed by atoms with van der Waals surface area (Å²) >= 11 is 2.08. The lowest BCUT2D eigenvalue weighted by molar-refractivity contribution is 0.389. The SMILES string of the molecule is CCNC(=NCC1CCCS1)NCCCCCCCN(C)C.I. The van der Waals surface area contributed by atoms with Crippen LogP contribution >= 0.6 is 35.7 Å². The third-order valence-electron chi connectivity index (χ3n) is 3.90. The molecule has 138 valence electrons. The van der Waals surface area contributed by atoms with Crippen LogP contribution in [0.3, 0.4) is 0 Å². The van der Waals surface area contributed by atoms with E-state index in [0.717, 1.165) is 30.8 Å². The van der Waals surface area contributed by atoms with Gasteiger partial charge in [-0.2, -0.15) is 11.8 Å². The number of nitrogens with zero attached hydrogens (tertiary/aromatic N) is 2. The standard InChI is InChI=1S/C17H36N4S.HI/c1-4-18-17(20-15-16-11-10-14-22-16)19-12-8-6-5-7-9-13-21(2)3;/h16H,4-15H2,1-3H3,(H2,18,19,20);1H. The summed E-state index contributed by atoms with van der Waals surface area (Å²) in [4.78, 5) is 7.00. The number of rotatable bonds is 11. The van der Waals surface area contributed by atoms with Crippen molar-refractivity contribution in [1.82, 2.24) is 15.5 Å². The largest absolute Gasteiger partial charge is 0.357 e. The molecular weight excluding hydrogens is 419 g/mol. The number of thioether (sulfide) groups is 1. The second kappa shape index (κ2) is 15.8. The maximum Gasteiger partial charge on any atom is 0.191 e. The Balaban J connectivity index is 0.00000484. The second-order valence-electron chi connectivity index (χ2n) is 6.35. The van der Waals surface area contributed by atoms with E-state index in [1.54, 1.807) is 0 Å². The van der Waals surface area contributed by atoms with Crippen LogP contribution in [-0.2, 0) is 0 Å². The van der Waals surface area contributed by atoms with Crippen molar-refractivity contribution in [2.75, 3.05) is 46.0 Å². The highest BCUT2D eigenvalue weighted by Gasteiger charge is 2.14. The van der Waals surface area contributed by atoms with Gasteiger partial charge in [-0.1, -0.05) is 19.3 Å². The summed E-state index contributed by atoms with van der Waals surface area (Å²) in [5.74, 6) is 2.32. The van der Waals surface area contributed by atoms with Gasteiger partial charge in [0.1, 0.15) is 0 Å². The van der Waals surface area contributed by atoms with Crippen LogP contribution in [-0.4, -0.2) is 62.1 Å². The van der Waals surface area contributed by atoms with Gasteiger partial charge in [-0.15, -0.1) is 24.0 Å². The molecule has 2 N–H and O–H groups in total. The number of unbranched alkanes of at least 4 members (excludes halogenated alkanes) is 4. The van der Waals surface area contributed by atoms with Crippen molar-refractivity contribution in [3.63, 3.8) is 0 Å². The van der Waals surface area contributed by atoms with Gasteiger partial charge in [0.15, 0.2) is 5.96 Å². The number of hydrogen-bond donors (Lipinski definition) is 2. The summed E-state index contributed by atoms with van der Waals surface area (Å²) < 4.78 is 0. The average Bonchev–Trinajstić information content (AvgIpc) is 3.00. The quantitative estimate of drug-likeness (QED) is 0.216. The minimum absolute atomic E-state index is 0. The van der Waals surface area contributed by atoms with Crippen LogP contribution < -0.4 is 10.6 Å². The summed E-state index contributed by atoms with van der Waals surface area (Å²) in [5, 5.41) is 7.57. The third kappa shape index (κ3) is 13.3. The molecule has 0 aliphatic carbocycles. The van der Waals surface area contributed by atoms with Crippen LogP contribution in [0.15, 0.2) is 4.99 Å². The van der Waals surface area contributed by atoms with E-state index in [-0.39, 0.29) is 24.0 Å². The molecule has 23 heavy (non-hydrogen) atoms. The third-order valence-corrected chi connectivity index (χ3v) is 5.28. The Morgan fingerprint density at radius 2 is 1.87 bits per heavy atom. The summed E-state index contributed by atoms with van der Waals surface area (Å²) in [6.45, 7) is 6.29. The minimum atomic E-state index is 0. The molecule has 1 aliphatic heterocycles. The Labute approximate surface area is 165 Å². The van der Waals surface area contributed by atoms with Gasteiger partial charge >= 0.3 is 0 Å². The van der Waals surface area contributed by atoms with Crippen LogP contribution in [0.1, 0.15) is 51.9 Å². The maximum absolute atomic E-state index is 4.73. The fourth-order valence-electron chi connectivity index (χ4n) is 2.61. The lowest BCUT2D eigenvalue weighted by Gasteiger charge is -2.13. The number of halogens is 1. The van der Waals surface area contributed by atoms with Crippen molar-refractivity contribution in [1.29, 1.82) is 0 Å². The van der Waals surface area contributed by atoms with Gasteiger partial charge in [0.2, 0.25) is 0 Å². The van der Waals surface area contributed by atoms with Crippen LogP contribution in [0.4, 0.5) is 0 Å². The highest BCUT2D eigenvalue weighted by molar-refractivity contribution is 14.0. The lowest BCUT2D eigenvalue weighted by Crippen LogP contribution is -2.38. The molecule has 0 aromatic heterocycles. The first-order valence-corrected chi connectivity index (χ1v) is 10.1. The number of nitrogens with one attached hydrogen (secondary N) is 2. The van der Waals surface area contributed by atoms with E-state index in [1.807, 2.05) is 0 Å². The molecule has 0 aromatic carbocycles. The van der Waals surface area contributed by atoms with E-state index in [2.05, 4.69) is 48.3 Å². The summed E-state index contributed by atoms with van der Waals surface area (Å²) in [5.41, 5.74) is 0. The van der Waals surface area contributed by atoms with Gasteiger partial charge in [-0.25, -0.2) is 0 Å². The number of guanidine groups is 1. The molecule has 1 atom stereocenters. The summed E-state index contributed by atoms with van der Waals surface area (Å²) in [7, 11) is 4.30. The molecule has 0 spiro atoms. The van der Waals surface area contributed by atoms with Crippen LogP contribution in [0, 0.1) is 0 Å². The average molecular weight is 456 g/mol. The molecule has 1 unspecified atom stereocenters. The molecule has 1 fully saturated rings. The van der Waals surface area contributed by atoms with E-state index in [1.165, 1.54) is 57.2 Å². The van der Waals surface area contributed by atoms with Crippen molar-refractivity contribution >= 4 is 41.7 Å². The highest BCUT2D eigenvalue weighted by Crippen LogP contribution is 2.25. The van der Waals surface area contributed by atoms with Gasteiger partial charge in [0, 0.05) is 18.3 Å². The number of aliphatic imine (C=N–C) groups is 1. The molecule has 0 aromatic rings. The van der Waals surface area contributed by atoms with E-state index in [0.29, 0.717) is 0 Å². The van der Waals surface area contributed by atoms with Crippen molar-refractivity contribution in [2.24, 2.45) is 4.99 Å². The molecule has 0 bridgehead atoms. The van der Waals surface area contributed by atoms with Gasteiger partial charge in [0.25, 0.3) is 0 Å². The smallest absolute Gasteiger partial charge is 0.191 e. The molecule has 1 saturated heterocycles. The Morgan fingerprint density at radius 3 is 2.52 bits per heavy atom. The molecule has 0 radical (unpaired) electrons. The van der Waals surface area contributed by atoms with Gasteiger partial charge in [-0.05, 0) is 59.0 Å². The summed E-state index contributed by atoms with van der Waals surface area (Å²) in [6.07, 6.45) is 9.28. The van der Waals surface area contributed by atoms with Gasteiger partial charge in [0.05, 0.1) is 6.54 Å². The molecule has 1 heterocycles. The van der Waals surface area contributed by atoms with Crippen molar-refractivity contribution in [3.8, 4) is 0 Å². The van der Waals surface area contributed by atoms with Crippen LogP contribution in [0.5, 0.6) is 0 Å². The topological polar surface area (TPSA) is 39.7 Å². The Kier molecular flexibility index (Phi) is 16.0. The zero-order valence-corrected chi connectivity index (χ0v) is 18.4. The fourth-order valence-corrected chi connectivity index (χ4v) is 3.79. The fraction of sp³-hybridized carbons (Fsp3) is 0.941. The molecule has 1 aliphatic rings. The van der Waals surface area contributed by atoms with E-state index in [4.69, 9.17) is 4.99 Å². The Bertz CT molecular complexity index is 294. The predicted octanol–water partition coefficient (Wildman–Crippen LogP) is 3.57. The minimum Gasteiger partial charge on any atom is -0.357 e. The normalized spacial score (nSPS) is 18.1. The van der Waals surface area contributed by atoms with E-state index in [9.17, 15) is 0 Å². The van der Waals surface area contributed by atoms with E-state index >= 15 is 0 Å². The second-order valence-corrected chi connectivity index (χ2v) is 7.76. The zero-order chi connectivity index (χ0) is 16.0. The van der Waals surface area contributed by atoms with Gasteiger partial charge in [-0.3, -0.25) is 4.99 Å². The zero-order valence-electron chi connectivity index (χ0n) is 15.3. The number of hydrogen-bond acceptors (Lipinski definition) is 3. The molecule has 6 heteroatoms. The first-order valence-electron chi connectivity index (χ1n) is 9.01. The lowest BCUT2D eigenvalue weighted by atomic mass is 10.1. The van der Waals surface area contributed by atoms with Crippen LogP contribution in [0.25, 0.3) is 0 Å². The monoisotopic (exact) mass is 456 g/mol. The van der Waals surface area contributed by atoms with Crippen LogP contribution in [0.2, 0.25) is 0 Å². The Morgan fingerprint density at radius 1 is 1.13 bits per heavy atom. The molecule has 0 saturated carbocycles. The first-order chi connectivity index (χ1) is 10.7. The van der Waals surface area contributed by atoms with Crippen molar-refractivity contribution in [2.45, 2.75) is 57.1 Å². The highest BCUT2D eigenvalue weighted by atomic mass is 127. The molecular formula is C17H37IN4S. The van der Waals surface area contributed by atoms with Gasteiger partial charge < -0.3 is 15.5 Å². The molecule has 1 rings (SSSR count). The molecule has 4 nitrogen and oxygen atoms in total. The van der Waals surface area contributed by atoms with E-state index < -0.39 is 0 Å². The first kappa shape index (κ1) is 23.3. The molecule has 0 amide bonds. The predicted molar refractivity (Wildman–Crippen MR) is 117 cm³/mol. The van der Waals surface area contributed by atoms with Crippen molar-refractivity contribution < 1.29 is 0 Å².